The second-order valence-electron chi connectivity index (χ2n) is 9.89. The Labute approximate surface area is 209 Å². The number of benzene rings is 2. The molecule has 36 heavy (non-hydrogen) atoms. The van der Waals surface area contributed by atoms with Crippen LogP contribution in [-0.4, -0.2) is 48.6 Å². The number of H-pyrrole nitrogens is 1. The van der Waals surface area contributed by atoms with Crippen molar-refractivity contribution in [2.45, 2.75) is 44.5 Å². The minimum Gasteiger partial charge on any atom is -0.453 e. The lowest BCUT2D eigenvalue weighted by Gasteiger charge is -2.44. The minimum absolute atomic E-state index is 0.134. The number of amides is 1. The molecule has 2 atom stereocenters. The van der Waals surface area contributed by atoms with Crippen LogP contribution in [0.4, 0.5) is 9.18 Å². The van der Waals surface area contributed by atoms with Crippen LogP contribution in [0.1, 0.15) is 33.4 Å². The molecule has 3 aromatic rings. The highest BCUT2D eigenvalue weighted by Crippen LogP contribution is 2.40. The van der Waals surface area contributed by atoms with Crippen molar-refractivity contribution in [1.82, 2.24) is 14.5 Å². The van der Waals surface area contributed by atoms with Gasteiger partial charge in [-0.1, -0.05) is 81.4 Å². The summed E-state index contributed by atoms with van der Waals surface area (Å²) >= 11 is 0. The Morgan fingerprint density at radius 3 is 2.08 bits per heavy atom. The topological polar surface area (TPSA) is 93.6 Å². The molecule has 0 aliphatic carbocycles. The summed E-state index contributed by atoms with van der Waals surface area (Å²) in [5.74, 6) is -1.12. The van der Waals surface area contributed by atoms with E-state index in [1.54, 1.807) is 0 Å². The maximum absolute atomic E-state index is 14.1. The number of hydrogen-bond donors (Lipinski definition) is 1. The second kappa shape index (κ2) is 9.86. The molecule has 1 N–H and O–H groups in total. The number of aromatic amines is 1. The average Bonchev–Trinajstić information content (AvgIpc) is 3.28. The molecule has 0 spiro atoms. The third-order valence-corrected chi connectivity index (χ3v) is 11.7. The fraction of sp³-hybridized carbons (Fsp3) is 0.346. The Morgan fingerprint density at radius 1 is 1.03 bits per heavy atom. The normalized spacial score (nSPS) is 18.3. The molecule has 1 aliphatic rings. The summed E-state index contributed by atoms with van der Waals surface area (Å²) in [7, 11) is -1.71. The summed E-state index contributed by atoms with van der Waals surface area (Å²) in [6, 6.07) is 20.1. The summed E-state index contributed by atoms with van der Waals surface area (Å²) in [5.41, 5.74) is -1.93. The van der Waals surface area contributed by atoms with Gasteiger partial charge >= 0.3 is 11.8 Å². The molecule has 2 aromatic carbocycles. The molecule has 2 heterocycles. The predicted octanol–water partition coefficient (Wildman–Crippen LogP) is 2.59. The fourth-order valence-electron chi connectivity index (χ4n) is 5.06. The lowest BCUT2D eigenvalue weighted by molar-refractivity contribution is 0.100. The maximum atomic E-state index is 14.1. The van der Waals surface area contributed by atoms with Crippen molar-refractivity contribution in [1.29, 1.82) is 0 Å². The van der Waals surface area contributed by atoms with Gasteiger partial charge in [-0.3, -0.25) is 19.2 Å². The van der Waals surface area contributed by atoms with Crippen molar-refractivity contribution in [3.8, 4) is 0 Å². The van der Waals surface area contributed by atoms with Crippen molar-refractivity contribution in [3.05, 3.63) is 93.5 Å². The van der Waals surface area contributed by atoms with Gasteiger partial charge in [-0.15, -0.1) is 0 Å². The second-order valence-corrected chi connectivity index (χ2v) is 14.1. The van der Waals surface area contributed by atoms with E-state index in [-0.39, 0.29) is 18.0 Å². The lowest BCUT2D eigenvalue weighted by atomic mass is 10.2. The molecule has 0 saturated carbocycles. The summed E-state index contributed by atoms with van der Waals surface area (Å²) in [6.07, 6.45) is -1.01. The van der Waals surface area contributed by atoms with Crippen LogP contribution < -0.4 is 21.6 Å². The number of ether oxygens (including phenoxy) is 1. The zero-order chi connectivity index (χ0) is 26.1. The van der Waals surface area contributed by atoms with Crippen molar-refractivity contribution in [3.63, 3.8) is 0 Å². The van der Waals surface area contributed by atoms with Crippen LogP contribution >= 0.6 is 0 Å². The molecule has 0 radical (unpaired) electrons. The summed E-state index contributed by atoms with van der Waals surface area (Å²) in [5, 5.41) is 1.85. The Hall–Kier alpha value is -3.50. The minimum atomic E-state index is -2.95. The highest BCUT2D eigenvalue weighted by molar-refractivity contribution is 6.99. The molecule has 1 fully saturated rings. The first-order valence-electron chi connectivity index (χ1n) is 11.7. The average molecular weight is 512 g/mol. The maximum Gasteiger partial charge on any atom is 0.411 e. The highest BCUT2D eigenvalue weighted by atomic mass is 28.4. The van der Waals surface area contributed by atoms with Gasteiger partial charge in [0, 0.05) is 6.42 Å². The Bertz CT molecular complexity index is 1300. The largest absolute Gasteiger partial charge is 0.453 e. The quantitative estimate of drug-likeness (QED) is 0.532. The molecular formula is C26H30FN3O5Si. The van der Waals surface area contributed by atoms with E-state index < -0.39 is 43.7 Å². The number of halogens is 1. The van der Waals surface area contributed by atoms with E-state index in [9.17, 15) is 18.8 Å². The van der Waals surface area contributed by atoms with Gasteiger partial charge in [0.25, 0.3) is 13.9 Å². The Kier molecular flexibility index (Phi) is 7.01. The van der Waals surface area contributed by atoms with Gasteiger partial charge in [-0.05, 0) is 15.4 Å². The van der Waals surface area contributed by atoms with Gasteiger partial charge in [0.1, 0.15) is 6.17 Å². The standard InChI is InChI=1S/C26H30FN3O5Si/c1-26(2,3)36(19-11-7-5-8-12-19,20-13-9-6-10-14-20)35-18-15-22(30(16-18)25(33)34-4)29-17-21(27)23(31)28-24(29)32/h5-14,17-18,22H,15-16H2,1-4H3,(H,28,31,32)/t18-,22-/m1/s1. The van der Waals surface area contributed by atoms with Gasteiger partial charge in [-0.2, -0.15) is 4.39 Å². The third kappa shape index (κ3) is 4.53. The van der Waals surface area contributed by atoms with Gasteiger partial charge < -0.3 is 9.16 Å². The Morgan fingerprint density at radius 2 is 1.58 bits per heavy atom. The van der Waals surface area contributed by atoms with Crippen LogP contribution in [0.15, 0.2) is 76.4 Å². The Balaban J connectivity index is 1.82. The van der Waals surface area contributed by atoms with Crippen molar-refractivity contribution >= 4 is 24.8 Å². The first-order valence-corrected chi connectivity index (χ1v) is 13.6. The molecule has 8 nitrogen and oxygen atoms in total. The number of carbonyl (C=O) groups is 1. The van der Waals surface area contributed by atoms with Gasteiger partial charge in [0.15, 0.2) is 0 Å². The lowest BCUT2D eigenvalue weighted by Crippen LogP contribution is -2.67. The zero-order valence-electron chi connectivity index (χ0n) is 20.7. The van der Waals surface area contributed by atoms with Crippen LogP contribution in [0.5, 0.6) is 0 Å². The van der Waals surface area contributed by atoms with Crippen molar-refractivity contribution in [2.24, 2.45) is 0 Å². The monoisotopic (exact) mass is 511 g/mol. The molecular weight excluding hydrogens is 481 g/mol. The molecule has 1 amide bonds. The van der Waals surface area contributed by atoms with Crippen LogP contribution in [0, 0.1) is 5.82 Å². The van der Waals surface area contributed by atoms with Crippen LogP contribution in [0.2, 0.25) is 5.04 Å². The highest BCUT2D eigenvalue weighted by Gasteiger charge is 2.53. The number of nitrogens with zero attached hydrogens (tertiary/aromatic N) is 2. The van der Waals surface area contributed by atoms with E-state index in [0.717, 1.165) is 21.1 Å². The van der Waals surface area contributed by atoms with Gasteiger partial charge in [-0.25, -0.2) is 9.59 Å². The number of likely N-dealkylation sites (tertiary alicyclic amines) is 1. The molecule has 4 rings (SSSR count). The third-order valence-electron chi connectivity index (χ3n) is 6.65. The van der Waals surface area contributed by atoms with E-state index in [4.69, 9.17) is 9.16 Å². The number of rotatable bonds is 5. The molecule has 1 aliphatic heterocycles. The fourth-order valence-corrected chi connectivity index (χ4v) is 9.75. The van der Waals surface area contributed by atoms with E-state index in [2.05, 4.69) is 45.0 Å². The molecule has 0 bridgehead atoms. The van der Waals surface area contributed by atoms with Crippen LogP contribution in [0.25, 0.3) is 0 Å². The van der Waals surface area contributed by atoms with Crippen LogP contribution in [0.3, 0.4) is 0 Å². The number of carbonyl (C=O) groups excluding carboxylic acids is 1. The molecule has 10 heteroatoms. The number of aromatic nitrogens is 2. The van der Waals surface area contributed by atoms with E-state index in [0.29, 0.717) is 0 Å². The van der Waals surface area contributed by atoms with Crippen LogP contribution in [-0.2, 0) is 9.16 Å². The van der Waals surface area contributed by atoms with Crippen molar-refractivity contribution in [2.75, 3.05) is 13.7 Å². The van der Waals surface area contributed by atoms with E-state index in [1.165, 1.54) is 12.0 Å². The predicted molar refractivity (Wildman–Crippen MR) is 137 cm³/mol. The van der Waals surface area contributed by atoms with E-state index in [1.807, 2.05) is 41.4 Å². The summed E-state index contributed by atoms with van der Waals surface area (Å²) in [4.78, 5) is 40.1. The summed E-state index contributed by atoms with van der Waals surface area (Å²) < 4.78 is 27.2. The van der Waals surface area contributed by atoms with Crippen molar-refractivity contribution < 1.29 is 18.3 Å². The number of methoxy groups -OCH3 is 1. The van der Waals surface area contributed by atoms with E-state index >= 15 is 0 Å². The first-order chi connectivity index (χ1) is 17.1. The molecule has 0 unspecified atom stereocenters. The molecule has 190 valence electrons. The summed E-state index contributed by atoms with van der Waals surface area (Å²) in [6.45, 7) is 6.57. The molecule has 1 saturated heterocycles. The number of hydrogen-bond acceptors (Lipinski definition) is 5. The van der Waals surface area contributed by atoms with Gasteiger partial charge in [0.2, 0.25) is 5.82 Å². The SMILES string of the molecule is COC(=O)N1C[C@H](O[Si](c2ccccc2)(c2ccccc2)C(C)(C)C)C[C@@H]1n1cc(F)c(=O)[nH]c1=O. The number of nitrogens with one attached hydrogen (secondary N) is 1. The first kappa shape index (κ1) is 25.6. The molecule has 1 aromatic heterocycles. The smallest absolute Gasteiger partial charge is 0.411 e. The zero-order valence-corrected chi connectivity index (χ0v) is 21.7. The van der Waals surface area contributed by atoms with Gasteiger partial charge in [0.05, 0.1) is 26.0 Å².